The Morgan fingerprint density at radius 1 is 1.25 bits per heavy atom. The van der Waals surface area contributed by atoms with Crippen LogP contribution in [-0.2, 0) is 0 Å². The number of fused-ring (bicyclic) bond motifs is 2. The lowest BCUT2D eigenvalue weighted by Gasteiger charge is -2.33. The maximum atomic E-state index is 5.97. The topological polar surface area (TPSA) is 102 Å². The fourth-order valence-corrected chi connectivity index (χ4v) is 5.06. The van der Waals surface area contributed by atoms with Gasteiger partial charge in [-0.1, -0.05) is 13.8 Å². The molecule has 2 atom stereocenters. The molecular weight excluding hydrogens is 404 g/mol. The Morgan fingerprint density at radius 2 is 2.19 bits per heavy atom. The van der Waals surface area contributed by atoms with Crippen molar-refractivity contribution in [2.45, 2.75) is 32.7 Å². The Bertz CT molecular complexity index is 1370. The van der Waals surface area contributed by atoms with E-state index in [0.717, 1.165) is 59.3 Å². The number of aromatic nitrogens is 7. The number of nitrogens with zero attached hydrogens (tertiary/aromatic N) is 7. The van der Waals surface area contributed by atoms with Crippen molar-refractivity contribution in [1.82, 2.24) is 34.7 Å². The highest BCUT2D eigenvalue weighted by molar-refractivity contribution is 5.90. The number of nitrogens with one attached hydrogen (secondary N) is 1. The molecule has 0 amide bonds. The lowest BCUT2D eigenvalue weighted by atomic mass is 9.80. The molecule has 1 N–H and O–H groups in total. The molecule has 9 nitrogen and oxygen atoms in total. The van der Waals surface area contributed by atoms with Gasteiger partial charge < -0.3 is 14.3 Å². The highest BCUT2D eigenvalue weighted by Crippen LogP contribution is 2.44. The Hall–Kier alpha value is -3.75. The second-order valence-corrected chi connectivity index (χ2v) is 8.76. The summed E-state index contributed by atoms with van der Waals surface area (Å²) >= 11 is 0. The zero-order valence-electron chi connectivity index (χ0n) is 18.1. The fraction of sp³-hybridized carbons (Fsp3) is 0.348. The van der Waals surface area contributed by atoms with E-state index >= 15 is 0 Å². The normalized spacial score (nSPS) is 19.9. The lowest BCUT2D eigenvalue weighted by Crippen LogP contribution is -2.33. The quantitative estimate of drug-likeness (QED) is 0.447. The summed E-state index contributed by atoms with van der Waals surface area (Å²) in [5.41, 5.74) is 4.33. The Kier molecular flexibility index (Phi) is 4.24. The second kappa shape index (κ2) is 7.15. The summed E-state index contributed by atoms with van der Waals surface area (Å²) in [6.45, 7) is 6.32. The van der Waals surface area contributed by atoms with Crippen LogP contribution < -0.4 is 4.90 Å². The molecule has 9 heteroatoms. The van der Waals surface area contributed by atoms with Crippen LogP contribution in [0.25, 0.3) is 33.4 Å². The van der Waals surface area contributed by atoms with Gasteiger partial charge in [0.05, 0.1) is 24.1 Å². The van der Waals surface area contributed by atoms with Gasteiger partial charge in [0, 0.05) is 48.0 Å². The Labute approximate surface area is 184 Å². The number of pyridine rings is 1. The first-order chi connectivity index (χ1) is 15.6. The van der Waals surface area contributed by atoms with Crippen LogP contribution in [0.4, 0.5) is 6.01 Å². The fourth-order valence-electron chi connectivity index (χ4n) is 5.06. The van der Waals surface area contributed by atoms with Crippen LogP contribution in [0.3, 0.4) is 0 Å². The van der Waals surface area contributed by atoms with Crippen LogP contribution in [0.5, 0.6) is 0 Å². The average Bonchev–Trinajstić information content (AvgIpc) is 3.59. The van der Waals surface area contributed by atoms with Crippen molar-refractivity contribution in [2.24, 2.45) is 5.41 Å². The molecule has 6 rings (SSSR count). The van der Waals surface area contributed by atoms with Crippen LogP contribution in [0.2, 0.25) is 0 Å². The van der Waals surface area contributed by atoms with Crippen molar-refractivity contribution < 1.29 is 4.42 Å². The number of aromatic amines is 1. The van der Waals surface area contributed by atoms with Gasteiger partial charge in [0.2, 0.25) is 0 Å². The van der Waals surface area contributed by atoms with Crippen molar-refractivity contribution in [3.8, 4) is 11.3 Å². The third kappa shape index (κ3) is 2.96. The number of rotatable bonds is 5. The van der Waals surface area contributed by atoms with Crippen molar-refractivity contribution in [1.29, 1.82) is 0 Å². The highest BCUT2D eigenvalue weighted by atomic mass is 16.4. The summed E-state index contributed by atoms with van der Waals surface area (Å²) in [5, 5.41) is 5.76. The van der Waals surface area contributed by atoms with Gasteiger partial charge in [-0.3, -0.25) is 9.67 Å². The molecule has 0 aromatic carbocycles. The van der Waals surface area contributed by atoms with E-state index in [0.29, 0.717) is 6.01 Å². The van der Waals surface area contributed by atoms with E-state index in [1.54, 1.807) is 18.7 Å². The minimum Gasteiger partial charge on any atom is -0.422 e. The van der Waals surface area contributed by atoms with Gasteiger partial charge in [-0.2, -0.15) is 10.1 Å². The number of hydrogen-bond acceptors (Lipinski definition) is 7. The minimum atomic E-state index is 0.0338. The molecule has 1 aliphatic heterocycles. The second-order valence-electron chi connectivity index (χ2n) is 8.76. The van der Waals surface area contributed by atoms with E-state index in [-0.39, 0.29) is 11.5 Å². The third-order valence-corrected chi connectivity index (χ3v) is 6.69. The Morgan fingerprint density at radius 3 is 3.06 bits per heavy atom. The minimum absolute atomic E-state index is 0.0338. The SMILES string of the molecule is CCC(n1cc(-c2ncnc3[nH]ccc23)cn1)C1(C)CCN(c2nc3ccncc3o2)C1. The summed E-state index contributed by atoms with van der Waals surface area (Å²) in [7, 11) is 0. The molecule has 32 heavy (non-hydrogen) atoms. The van der Waals surface area contributed by atoms with Crippen molar-refractivity contribution in [3.63, 3.8) is 0 Å². The zero-order valence-corrected chi connectivity index (χ0v) is 18.1. The molecule has 0 aliphatic carbocycles. The first kappa shape index (κ1) is 19.0. The number of hydrogen-bond donors (Lipinski definition) is 1. The number of H-pyrrole nitrogens is 1. The van der Waals surface area contributed by atoms with E-state index in [1.165, 1.54) is 0 Å². The van der Waals surface area contributed by atoms with Crippen molar-refractivity contribution in [2.75, 3.05) is 18.0 Å². The van der Waals surface area contributed by atoms with Gasteiger partial charge >= 0.3 is 0 Å². The van der Waals surface area contributed by atoms with Gasteiger partial charge in [0.1, 0.15) is 17.5 Å². The molecule has 1 fully saturated rings. The van der Waals surface area contributed by atoms with Crippen LogP contribution in [-0.4, -0.2) is 47.8 Å². The van der Waals surface area contributed by atoms with E-state index in [9.17, 15) is 0 Å². The molecule has 6 heterocycles. The lowest BCUT2D eigenvalue weighted by molar-refractivity contribution is 0.195. The van der Waals surface area contributed by atoms with Gasteiger partial charge in [0.25, 0.3) is 6.01 Å². The van der Waals surface area contributed by atoms with Gasteiger partial charge in [-0.15, -0.1) is 0 Å². The molecular formula is C23H24N8O. The van der Waals surface area contributed by atoms with Crippen molar-refractivity contribution >= 4 is 28.1 Å². The summed E-state index contributed by atoms with van der Waals surface area (Å²) in [6, 6.07) is 4.80. The maximum absolute atomic E-state index is 5.97. The molecule has 162 valence electrons. The van der Waals surface area contributed by atoms with Crippen LogP contribution in [0, 0.1) is 5.41 Å². The highest BCUT2D eigenvalue weighted by Gasteiger charge is 2.42. The van der Waals surface area contributed by atoms with Crippen LogP contribution in [0.15, 0.2) is 53.9 Å². The maximum Gasteiger partial charge on any atom is 0.298 e. The summed E-state index contributed by atoms with van der Waals surface area (Å²) < 4.78 is 8.08. The molecule has 0 saturated carbocycles. The van der Waals surface area contributed by atoms with Gasteiger partial charge in [-0.25, -0.2) is 9.97 Å². The summed E-state index contributed by atoms with van der Waals surface area (Å²) in [4.78, 5) is 23.0. The molecule has 0 radical (unpaired) electrons. The smallest absolute Gasteiger partial charge is 0.298 e. The largest absolute Gasteiger partial charge is 0.422 e. The molecule has 2 unspecified atom stereocenters. The first-order valence-corrected chi connectivity index (χ1v) is 10.9. The predicted octanol–water partition coefficient (Wildman–Crippen LogP) is 4.23. The average molecular weight is 429 g/mol. The van der Waals surface area contributed by atoms with Crippen LogP contribution >= 0.6 is 0 Å². The summed E-state index contributed by atoms with van der Waals surface area (Å²) in [6.07, 6.45) is 13.0. The molecule has 5 aromatic rings. The van der Waals surface area contributed by atoms with E-state index < -0.39 is 0 Å². The van der Waals surface area contributed by atoms with Crippen molar-refractivity contribution in [3.05, 3.63) is 49.4 Å². The molecule has 1 aliphatic rings. The first-order valence-electron chi connectivity index (χ1n) is 10.9. The number of anilines is 1. The standard InChI is InChI=1S/C23H24N8O/c1-3-19(31-12-15(10-28-31)20-16-4-8-25-21(16)27-14-26-20)23(2)6-9-30(13-23)22-29-17-5-7-24-11-18(17)32-22/h4-5,7-8,10-12,14,19H,3,6,9,13H2,1-2H3,(H,25,26,27). The molecule has 5 aromatic heterocycles. The molecule has 1 saturated heterocycles. The number of oxazole rings is 1. The predicted molar refractivity (Wildman–Crippen MR) is 121 cm³/mol. The van der Waals surface area contributed by atoms with E-state index in [4.69, 9.17) is 9.52 Å². The Balaban J connectivity index is 1.29. The van der Waals surface area contributed by atoms with Gasteiger partial charge in [-0.05, 0) is 25.0 Å². The van der Waals surface area contributed by atoms with Crippen LogP contribution in [0.1, 0.15) is 32.7 Å². The third-order valence-electron chi connectivity index (χ3n) is 6.69. The zero-order chi connectivity index (χ0) is 21.7. The van der Waals surface area contributed by atoms with E-state index in [1.807, 2.05) is 24.5 Å². The summed E-state index contributed by atoms with van der Waals surface area (Å²) in [5.74, 6) is 0. The van der Waals surface area contributed by atoms with Gasteiger partial charge in [0.15, 0.2) is 5.58 Å². The monoisotopic (exact) mass is 428 g/mol. The van der Waals surface area contributed by atoms with E-state index in [2.05, 4.69) is 54.5 Å². The molecule has 0 bridgehead atoms. The molecule has 0 spiro atoms.